The number of rotatable bonds is 4. The third-order valence-electron chi connectivity index (χ3n) is 5.84. The van der Waals surface area contributed by atoms with Gasteiger partial charge in [0.25, 0.3) is 5.91 Å². The summed E-state index contributed by atoms with van der Waals surface area (Å²) in [4.78, 5) is 38.1. The maximum absolute atomic E-state index is 12.4. The summed E-state index contributed by atoms with van der Waals surface area (Å²) in [7, 11) is 0. The van der Waals surface area contributed by atoms with Gasteiger partial charge in [0.1, 0.15) is 12.0 Å². The minimum atomic E-state index is -0.118. The number of morpholine rings is 1. The van der Waals surface area contributed by atoms with Crippen molar-refractivity contribution >= 4 is 28.8 Å². The highest BCUT2D eigenvalue weighted by atomic mass is 16.5. The van der Waals surface area contributed by atoms with Crippen molar-refractivity contribution in [1.29, 1.82) is 0 Å². The molecule has 0 radical (unpaired) electrons. The monoisotopic (exact) mass is 422 g/mol. The van der Waals surface area contributed by atoms with E-state index < -0.39 is 0 Å². The Bertz CT molecular complexity index is 1050. The van der Waals surface area contributed by atoms with E-state index in [2.05, 4.69) is 35.1 Å². The van der Waals surface area contributed by atoms with Crippen LogP contribution in [0.25, 0.3) is 11.2 Å². The number of piperidine rings is 1. The normalized spacial score (nSPS) is 17.8. The number of ether oxygens (including phenoxy) is 1. The molecule has 0 bridgehead atoms. The third-order valence-corrected chi connectivity index (χ3v) is 5.84. The van der Waals surface area contributed by atoms with Crippen molar-refractivity contribution in [1.82, 2.24) is 30.2 Å². The number of carbonyl (C=O) groups excluding carboxylic acids is 1. The Morgan fingerprint density at radius 2 is 1.90 bits per heavy atom. The Morgan fingerprint density at radius 1 is 1.10 bits per heavy atom. The highest BCUT2D eigenvalue weighted by molar-refractivity contribution is 5.92. The molecule has 5 heterocycles. The number of amides is 1. The van der Waals surface area contributed by atoms with Gasteiger partial charge in [0.15, 0.2) is 17.0 Å². The summed E-state index contributed by atoms with van der Waals surface area (Å²) >= 11 is 0. The predicted octanol–water partition coefficient (Wildman–Crippen LogP) is 1.29. The van der Waals surface area contributed by atoms with Crippen LogP contribution < -0.4 is 15.1 Å². The van der Waals surface area contributed by atoms with Gasteiger partial charge >= 0.3 is 0 Å². The summed E-state index contributed by atoms with van der Waals surface area (Å²) in [5, 5.41) is 3.11. The fraction of sp³-hybridized carbons (Fsp3) is 0.476. The molecule has 2 N–H and O–H groups in total. The molecule has 2 aliphatic heterocycles. The van der Waals surface area contributed by atoms with Crippen LogP contribution in [0.1, 0.15) is 28.9 Å². The Morgan fingerprint density at radius 3 is 2.65 bits per heavy atom. The number of carbonyl (C=O) groups is 1. The standard InChI is InChI=1S/C21H26N8O2/c1-14-2-3-16(22-12-14)20(30)25-15-4-6-29(7-5-15)21-26-17-18(27-21)23-13-24-19(17)28-8-10-31-11-9-28/h2-3,12-13,15H,4-11H2,1H3,(H,25,30)(H,23,24,26,27). The van der Waals surface area contributed by atoms with Crippen LogP contribution in [0.5, 0.6) is 0 Å². The quantitative estimate of drug-likeness (QED) is 0.647. The number of H-pyrrole nitrogens is 1. The van der Waals surface area contributed by atoms with E-state index in [1.807, 2.05) is 13.0 Å². The molecule has 2 fully saturated rings. The summed E-state index contributed by atoms with van der Waals surface area (Å²) in [6, 6.07) is 3.79. The van der Waals surface area contributed by atoms with Crippen molar-refractivity contribution in [2.45, 2.75) is 25.8 Å². The Hall–Kier alpha value is -3.27. The fourth-order valence-corrected chi connectivity index (χ4v) is 4.06. The number of pyridine rings is 1. The zero-order valence-corrected chi connectivity index (χ0v) is 17.5. The number of nitrogens with one attached hydrogen (secondary N) is 2. The number of imidazole rings is 1. The van der Waals surface area contributed by atoms with Gasteiger partial charge in [0.2, 0.25) is 5.95 Å². The van der Waals surface area contributed by atoms with Crippen LogP contribution in [0.2, 0.25) is 0 Å². The highest BCUT2D eigenvalue weighted by Crippen LogP contribution is 2.26. The van der Waals surface area contributed by atoms with Crippen molar-refractivity contribution < 1.29 is 9.53 Å². The first-order chi connectivity index (χ1) is 15.2. The molecular formula is C21H26N8O2. The van der Waals surface area contributed by atoms with Crippen LogP contribution in [0.4, 0.5) is 11.8 Å². The van der Waals surface area contributed by atoms with Gasteiger partial charge in [-0.05, 0) is 31.4 Å². The third kappa shape index (κ3) is 4.15. The van der Waals surface area contributed by atoms with E-state index in [4.69, 9.17) is 9.72 Å². The van der Waals surface area contributed by atoms with Gasteiger partial charge in [-0.25, -0.2) is 15.0 Å². The number of anilines is 2. The topological polar surface area (TPSA) is 112 Å². The first kappa shape index (κ1) is 19.7. The molecule has 0 aromatic carbocycles. The largest absolute Gasteiger partial charge is 0.378 e. The number of fused-ring (bicyclic) bond motifs is 1. The van der Waals surface area contributed by atoms with Gasteiger partial charge in [-0.15, -0.1) is 0 Å². The molecule has 162 valence electrons. The second-order valence-electron chi connectivity index (χ2n) is 8.01. The van der Waals surface area contributed by atoms with Gasteiger partial charge in [-0.3, -0.25) is 9.78 Å². The Labute approximate surface area is 180 Å². The number of aryl methyl sites for hydroxylation is 1. The molecule has 31 heavy (non-hydrogen) atoms. The lowest BCUT2D eigenvalue weighted by molar-refractivity contribution is 0.0926. The zero-order valence-electron chi connectivity index (χ0n) is 17.5. The molecule has 0 saturated carbocycles. The van der Waals surface area contributed by atoms with E-state index in [1.165, 1.54) is 0 Å². The zero-order chi connectivity index (χ0) is 21.2. The first-order valence-corrected chi connectivity index (χ1v) is 10.7. The molecule has 0 spiro atoms. The number of hydrogen-bond donors (Lipinski definition) is 2. The van der Waals surface area contributed by atoms with Crippen LogP contribution in [0, 0.1) is 6.92 Å². The Balaban J connectivity index is 1.24. The smallest absolute Gasteiger partial charge is 0.270 e. The summed E-state index contributed by atoms with van der Waals surface area (Å²) in [6.07, 6.45) is 4.98. The fourth-order valence-electron chi connectivity index (χ4n) is 4.06. The average molecular weight is 422 g/mol. The average Bonchev–Trinajstić information content (AvgIpc) is 3.25. The van der Waals surface area contributed by atoms with E-state index in [9.17, 15) is 4.79 Å². The van der Waals surface area contributed by atoms with Crippen molar-refractivity contribution in [3.8, 4) is 0 Å². The maximum Gasteiger partial charge on any atom is 0.270 e. The predicted molar refractivity (Wildman–Crippen MR) is 116 cm³/mol. The van der Waals surface area contributed by atoms with Gasteiger partial charge in [0, 0.05) is 38.4 Å². The van der Waals surface area contributed by atoms with Crippen LogP contribution in [0.15, 0.2) is 24.7 Å². The molecule has 0 aliphatic carbocycles. The van der Waals surface area contributed by atoms with Gasteiger partial charge in [0.05, 0.1) is 13.2 Å². The molecule has 3 aromatic rings. The SMILES string of the molecule is Cc1ccc(C(=O)NC2CCN(c3nc4c(N5CCOCC5)ncnc4[nH]3)CC2)nc1. The summed E-state index contributed by atoms with van der Waals surface area (Å²) < 4.78 is 5.45. The molecule has 5 rings (SSSR count). The molecule has 2 saturated heterocycles. The van der Waals surface area contributed by atoms with Gasteiger partial charge in [-0.1, -0.05) is 6.07 Å². The molecule has 2 aliphatic rings. The lowest BCUT2D eigenvalue weighted by Crippen LogP contribution is -2.45. The molecule has 1 amide bonds. The summed E-state index contributed by atoms with van der Waals surface area (Å²) in [6.45, 7) is 6.54. The van der Waals surface area contributed by atoms with Crippen LogP contribution >= 0.6 is 0 Å². The van der Waals surface area contributed by atoms with Crippen LogP contribution in [-0.2, 0) is 4.74 Å². The molecule has 0 unspecified atom stereocenters. The second kappa shape index (κ2) is 8.46. The minimum absolute atomic E-state index is 0.118. The first-order valence-electron chi connectivity index (χ1n) is 10.7. The molecule has 0 atom stereocenters. The van der Waals surface area contributed by atoms with Gasteiger partial charge < -0.3 is 24.8 Å². The van der Waals surface area contributed by atoms with Crippen LogP contribution in [-0.4, -0.2) is 76.3 Å². The number of aromatic amines is 1. The highest BCUT2D eigenvalue weighted by Gasteiger charge is 2.25. The summed E-state index contributed by atoms with van der Waals surface area (Å²) in [5.41, 5.74) is 3.03. The van der Waals surface area contributed by atoms with Gasteiger partial charge in [-0.2, -0.15) is 0 Å². The van der Waals surface area contributed by atoms with Crippen molar-refractivity contribution in [3.63, 3.8) is 0 Å². The lowest BCUT2D eigenvalue weighted by atomic mass is 10.1. The molecule has 10 heteroatoms. The van der Waals surface area contributed by atoms with E-state index in [-0.39, 0.29) is 11.9 Å². The number of hydrogen-bond acceptors (Lipinski definition) is 8. The van der Waals surface area contributed by atoms with Crippen molar-refractivity contribution in [3.05, 3.63) is 35.9 Å². The van der Waals surface area contributed by atoms with Crippen LogP contribution in [0.3, 0.4) is 0 Å². The van der Waals surface area contributed by atoms with E-state index >= 15 is 0 Å². The minimum Gasteiger partial charge on any atom is -0.378 e. The molecular weight excluding hydrogens is 396 g/mol. The van der Waals surface area contributed by atoms with E-state index in [0.717, 1.165) is 67.5 Å². The maximum atomic E-state index is 12.4. The lowest BCUT2D eigenvalue weighted by Gasteiger charge is -2.32. The van der Waals surface area contributed by atoms with E-state index in [0.29, 0.717) is 18.9 Å². The Kier molecular flexibility index (Phi) is 5.37. The molecule has 10 nitrogen and oxygen atoms in total. The number of aromatic nitrogens is 5. The van der Waals surface area contributed by atoms with Crippen molar-refractivity contribution in [2.24, 2.45) is 0 Å². The second-order valence-corrected chi connectivity index (χ2v) is 8.01. The number of nitrogens with zero attached hydrogens (tertiary/aromatic N) is 6. The molecule has 3 aromatic heterocycles. The van der Waals surface area contributed by atoms with E-state index in [1.54, 1.807) is 18.6 Å². The summed E-state index contributed by atoms with van der Waals surface area (Å²) in [5.74, 6) is 1.53. The van der Waals surface area contributed by atoms with Crippen molar-refractivity contribution in [2.75, 3.05) is 49.2 Å².